The largest absolute Gasteiger partial charge is 0.508 e. The van der Waals surface area contributed by atoms with E-state index in [1.165, 1.54) is 24.3 Å². The maximum absolute atomic E-state index is 12.9. The molecule has 6 heteroatoms. The predicted octanol–water partition coefficient (Wildman–Crippen LogP) is 2.75. The first-order valence-corrected chi connectivity index (χ1v) is 7.44. The number of aromatic hydroxyl groups is 4. The molecule has 0 bridgehead atoms. The van der Waals surface area contributed by atoms with E-state index < -0.39 is 23.1 Å². The molecule has 0 aliphatic heterocycles. The summed E-state index contributed by atoms with van der Waals surface area (Å²) < 4.78 is 0. The Morgan fingerprint density at radius 1 is 0.720 bits per heavy atom. The van der Waals surface area contributed by atoms with Crippen molar-refractivity contribution in [1.29, 1.82) is 0 Å². The van der Waals surface area contributed by atoms with Gasteiger partial charge in [0.2, 0.25) is 0 Å². The molecule has 4 rings (SSSR count). The van der Waals surface area contributed by atoms with Crippen molar-refractivity contribution in [2.75, 3.05) is 0 Å². The van der Waals surface area contributed by atoms with E-state index in [1.807, 2.05) is 0 Å². The molecule has 3 aromatic rings. The van der Waals surface area contributed by atoms with Gasteiger partial charge in [-0.25, -0.2) is 0 Å². The number of ketones is 2. The van der Waals surface area contributed by atoms with Crippen LogP contribution in [-0.4, -0.2) is 32.0 Å². The number of fused-ring (bicyclic) bond motifs is 3. The molecular formula is C19H12O6. The zero-order chi connectivity index (χ0) is 18.0. The molecule has 0 radical (unpaired) electrons. The Labute approximate surface area is 141 Å². The van der Waals surface area contributed by atoms with Crippen LogP contribution >= 0.6 is 0 Å². The highest BCUT2D eigenvalue weighted by Gasteiger charge is 2.35. The Morgan fingerprint density at radius 3 is 2.08 bits per heavy atom. The molecule has 0 spiro atoms. The molecule has 4 N–H and O–H groups in total. The molecule has 0 atom stereocenters. The van der Waals surface area contributed by atoms with Crippen molar-refractivity contribution in [3.8, 4) is 23.0 Å². The third-order valence-electron chi connectivity index (χ3n) is 4.44. The van der Waals surface area contributed by atoms with E-state index >= 15 is 0 Å². The maximum atomic E-state index is 12.9. The van der Waals surface area contributed by atoms with Gasteiger partial charge in [-0.2, -0.15) is 0 Å². The van der Waals surface area contributed by atoms with Crippen LogP contribution in [0.1, 0.15) is 37.4 Å². The van der Waals surface area contributed by atoms with Gasteiger partial charge >= 0.3 is 0 Å². The summed E-state index contributed by atoms with van der Waals surface area (Å²) in [7, 11) is 0. The molecular weight excluding hydrogens is 324 g/mol. The summed E-state index contributed by atoms with van der Waals surface area (Å²) in [5.41, 5.74) is 0.340. The first-order valence-electron chi connectivity index (χ1n) is 7.44. The van der Waals surface area contributed by atoms with Crippen LogP contribution in [0.3, 0.4) is 0 Å². The molecule has 0 heterocycles. The van der Waals surface area contributed by atoms with E-state index in [2.05, 4.69) is 0 Å². The van der Waals surface area contributed by atoms with Gasteiger partial charge in [-0.1, -0.05) is 0 Å². The van der Waals surface area contributed by atoms with Crippen molar-refractivity contribution in [2.24, 2.45) is 0 Å². The van der Waals surface area contributed by atoms with E-state index in [0.717, 1.165) is 6.07 Å². The molecule has 0 saturated carbocycles. The molecule has 0 aromatic heterocycles. The summed E-state index contributed by atoms with van der Waals surface area (Å²) in [6.45, 7) is 1.59. The molecule has 3 aromatic carbocycles. The van der Waals surface area contributed by atoms with Crippen LogP contribution in [-0.2, 0) is 0 Å². The molecule has 0 fully saturated rings. The van der Waals surface area contributed by atoms with Gasteiger partial charge in [-0.05, 0) is 42.1 Å². The molecule has 124 valence electrons. The topological polar surface area (TPSA) is 115 Å². The summed E-state index contributed by atoms with van der Waals surface area (Å²) in [6, 6.07) is 6.23. The van der Waals surface area contributed by atoms with Crippen LogP contribution in [0.25, 0.3) is 10.8 Å². The average Bonchev–Trinajstić information content (AvgIpc) is 2.50. The maximum Gasteiger partial charge on any atom is 0.198 e. The van der Waals surface area contributed by atoms with Crippen molar-refractivity contribution in [3.63, 3.8) is 0 Å². The Hall–Kier alpha value is -3.54. The third kappa shape index (κ3) is 1.91. The van der Waals surface area contributed by atoms with Gasteiger partial charge in [-0.15, -0.1) is 0 Å². The number of carbonyl (C=O) groups excluding carboxylic acids is 2. The zero-order valence-corrected chi connectivity index (χ0v) is 13.0. The first kappa shape index (κ1) is 15.0. The average molecular weight is 336 g/mol. The van der Waals surface area contributed by atoms with Crippen LogP contribution in [0.4, 0.5) is 0 Å². The van der Waals surface area contributed by atoms with Crippen molar-refractivity contribution in [3.05, 3.63) is 58.1 Å². The number of phenolic OH excluding ortho intramolecular Hbond substituents is 4. The van der Waals surface area contributed by atoms with Crippen molar-refractivity contribution >= 4 is 22.3 Å². The van der Waals surface area contributed by atoms with Gasteiger partial charge in [0.15, 0.2) is 11.6 Å². The second-order valence-corrected chi connectivity index (χ2v) is 6.05. The Kier molecular flexibility index (Phi) is 2.84. The summed E-state index contributed by atoms with van der Waals surface area (Å²) in [5, 5.41) is 40.2. The van der Waals surface area contributed by atoms with Gasteiger partial charge in [-0.3, -0.25) is 9.59 Å². The normalized spacial score (nSPS) is 13.0. The Balaban J connectivity index is 2.14. The minimum atomic E-state index is -0.561. The van der Waals surface area contributed by atoms with Crippen molar-refractivity contribution < 1.29 is 30.0 Å². The van der Waals surface area contributed by atoms with E-state index in [-0.39, 0.29) is 44.5 Å². The Bertz CT molecular complexity index is 1130. The third-order valence-corrected chi connectivity index (χ3v) is 4.44. The van der Waals surface area contributed by atoms with Gasteiger partial charge in [0.1, 0.15) is 23.0 Å². The molecule has 0 amide bonds. The fraction of sp³-hybridized carbons (Fsp3) is 0.0526. The summed E-state index contributed by atoms with van der Waals surface area (Å²) in [5.74, 6) is -2.38. The van der Waals surface area contributed by atoms with Crippen LogP contribution in [0.15, 0.2) is 30.3 Å². The van der Waals surface area contributed by atoms with Crippen LogP contribution in [0.5, 0.6) is 23.0 Å². The molecule has 0 unspecified atom stereocenters. The van der Waals surface area contributed by atoms with Crippen LogP contribution < -0.4 is 0 Å². The molecule has 1 aliphatic carbocycles. The fourth-order valence-corrected chi connectivity index (χ4v) is 3.41. The second-order valence-electron chi connectivity index (χ2n) is 6.05. The van der Waals surface area contributed by atoms with Gasteiger partial charge < -0.3 is 20.4 Å². The number of rotatable bonds is 0. The Morgan fingerprint density at radius 2 is 1.36 bits per heavy atom. The summed E-state index contributed by atoms with van der Waals surface area (Å²) in [4.78, 5) is 25.7. The molecule has 6 nitrogen and oxygen atoms in total. The predicted molar refractivity (Wildman–Crippen MR) is 88.7 cm³/mol. The number of hydrogen-bond acceptors (Lipinski definition) is 6. The van der Waals surface area contributed by atoms with E-state index in [0.29, 0.717) is 5.56 Å². The van der Waals surface area contributed by atoms with E-state index in [9.17, 15) is 30.0 Å². The standard InChI is InChI=1S/C19H12O6/c1-7-2-9(20)5-12-14(7)18(24)16-11(17(12)23)4-8-3-10(21)6-13(22)15(8)19(16)25/h2-6,20-22,25H,1H3. The van der Waals surface area contributed by atoms with Crippen molar-refractivity contribution in [1.82, 2.24) is 0 Å². The minimum absolute atomic E-state index is 0.0161. The summed E-state index contributed by atoms with van der Waals surface area (Å²) in [6.07, 6.45) is 0. The SMILES string of the molecule is Cc1cc(O)cc2c1C(=O)c1c(cc3cc(O)cc(O)c3c1O)C2=O. The van der Waals surface area contributed by atoms with Crippen molar-refractivity contribution in [2.45, 2.75) is 6.92 Å². The number of aryl methyl sites for hydroxylation is 1. The molecule has 0 saturated heterocycles. The summed E-state index contributed by atoms with van der Waals surface area (Å²) >= 11 is 0. The monoisotopic (exact) mass is 336 g/mol. The smallest absolute Gasteiger partial charge is 0.198 e. The number of hydrogen-bond donors (Lipinski definition) is 4. The second kappa shape index (κ2) is 4.73. The number of carbonyl (C=O) groups is 2. The van der Waals surface area contributed by atoms with Crippen LogP contribution in [0, 0.1) is 6.92 Å². The van der Waals surface area contributed by atoms with E-state index in [4.69, 9.17) is 0 Å². The fourth-order valence-electron chi connectivity index (χ4n) is 3.41. The number of phenols is 4. The minimum Gasteiger partial charge on any atom is -0.508 e. The first-order chi connectivity index (χ1) is 11.8. The van der Waals surface area contributed by atoms with Gasteiger partial charge in [0.05, 0.1) is 10.9 Å². The van der Waals surface area contributed by atoms with Gasteiger partial charge in [0, 0.05) is 22.8 Å². The molecule has 1 aliphatic rings. The number of benzene rings is 3. The van der Waals surface area contributed by atoms with Gasteiger partial charge in [0.25, 0.3) is 0 Å². The molecule has 25 heavy (non-hydrogen) atoms. The quantitative estimate of drug-likeness (QED) is 0.392. The van der Waals surface area contributed by atoms with E-state index in [1.54, 1.807) is 6.92 Å². The highest BCUT2D eigenvalue weighted by molar-refractivity contribution is 6.31. The lowest BCUT2D eigenvalue weighted by Gasteiger charge is -2.21. The van der Waals surface area contributed by atoms with Crippen LogP contribution in [0.2, 0.25) is 0 Å². The lowest BCUT2D eigenvalue weighted by Crippen LogP contribution is -2.22. The highest BCUT2D eigenvalue weighted by Crippen LogP contribution is 2.43. The lowest BCUT2D eigenvalue weighted by atomic mass is 9.80. The highest BCUT2D eigenvalue weighted by atomic mass is 16.3. The zero-order valence-electron chi connectivity index (χ0n) is 13.0. The lowest BCUT2D eigenvalue weighted by molar-refractivity contribution is 0.0976.